The van der Waals surface area contributed by atoms with E-state index >= 15 is 0 Å². The van der Waals surface area contributed by atoms with Crippen molar-refractivity contribution in [1.82, 2.24) is 10.2 Å². The Morgan fingerprint density at radius 2 is 1.96 bits per heavy atom. The molecule has 1 aromatic heterocycles. The summed E-state index contributed by atoms with van der Waals surface area (Å²) in [4.78, 5) is 25.4. The van der Waals surface area contributed by atoms with Crippen LogP contribution < -0.4 is 0 Å². The summed E-state index contributed by atoms with van der Waals surface area (Å²) in [7, 11) is 4.11. The molecule has 1 heterocycles. The highest BCUT2D eigenvalue weighted by Gasteiger charge is 2.22. The fourth-order valence-corrected chi connectivity index (χ4v) is 2.62. The fourth-order valence-electron chi connectivity index (χ4n) is 2.44. The molecule has 0 aliphatic heterocycles. The van der Waals surface area contributed by atoms with Gasteiger partial charge in [0.15, 0.2) is 5.76 Å². The van der Waals surface area contributed by atoms with Gasteiger partial charge in [-0.15, -0.1) is 0 Å². The summed E-state index contributed by atoms with van der Waals surface area (Å²) in [5, 5.41) is 2.46. The lowest BCUT2D eigenvalue weighted by atomic mass is 10.1. The van der Waals surface area contributed by atoms with E-state index in [9.17, 15) is 4.79 Å². The Morgan fingerprint density at radius 1 is 1.24 bits per heavy atom. The molecule has 0 saturated carbocycles. The van der Waals surface area contributed by atoms with Crippen LogP contribution in [0.5, 0.6) is 0 Å². The SMILES string of the molecule is CCC(C=Cc1cc2cc(Cl)ccc2[nH]1)=C(OC)C(=O)N(OC)OC. The minimum atomic E-state index is -0.516. The first-order valence-corrected chi connectivity index (χ1v) is 8.08. The number of carbonyl (C=O) groups excluding carboxylic acids is 1. The van der Waals surface area contributed by atoms with Crippen molar-refractivity contribution in [2.75, 3.05) is 21.3 Å². The summed E-state index contributed by atoms with van der Waals surface area (Å²) in [5.41, 5.74) is 2.59. The lowest BCUT2D eigenvalue weighted by molar-refractivity contribution is -0.316. The number of fused-ring (bicyclic) bond motifs is 1. The minimum absolute atomic E-state index is 0.154. The van der Waals surface area contributed by atoms with E-state index in [0.717, 1.165) is 21.8 Å². The molecule has 0 spiro atoms. The smallest absolute Gasteiger partial charge is 0.338 e. The monoisotopic (exact) mass is 364 g/mol. The number of H-pyrrole nitrogens is 1. The number of nitrogens with one attached hydrogen (secondary N) is 1. The zero-order valence-corrected chi connectivity index (χ0v) is 15.4. The van der Waals surface area contributed by atoms with Crippen LogP contribution in [0.4, 0.5) is 0 Å². The number of aromatic nitrogens is 1. The molecule has 6 nitrogen and oxygen atoms in total. The molecule has 2 aromatic rings. The molecule has 1 amide bonds. The van der Waals surface area contributed by atoms with Crippen LogP contribution in [-0.2, 0) is 19.2 Å². The molecule has 0 aliphatic rings. The number of ether oxygens (including phenoxy) is 1. The van der Waals surface area contributed by atoms with E-state index in [1.54, 1.807) is 0 Å². The number of hydrogen-bond donors (Lipinski definition) is 1. The van der Waals surface area contributed by atoms with Gasteiger partial charge in [0, 0.05) is 21.6 Å². The predicted octanol–water partition coefficient (Wildman–Crippen LogP) is 4.10. The molecule has 2 rings (SSSR count). The maximum Gasteiger partial charge on any atom is 0.338 e. The second-order valence-electron chi connectivity index (χ2n) is 5.13. The Morgan fingerprint density at radius 3 is 2.56 bits per heavy atom. The number of allylic oxidation sites excluding steroid dienone is 2. The molecule has 25 heavy (non-hydrogen) atoms. The van der Waals surface area contributed by atoms with Crippen LogP contribution in [0.25, 0.3) is 17.0 Å². The van der Waals surface area contributed by atoms with Crippen molar-refractivity contribution < 1.29 is 19.2 Å². The van der Waals surface area contributed by atoms with Crippen molar-refractivity contribution >= 4 is 34.5 Å². The third-order valence-electron chi connectivity index (χ3n) is 3.64. The first-order valence-electron chi connectivity index (χ1n) is 7.70. The van der Waals surface area contributed by atoms with Crippen molar-refractivity contribution in [3.63, 3.8) is 0 Å². The standard InChI is InChI=1S/C18H21ClN2O4/c1-5-12(17(23-2)18(22)21(24-3)25-4)6-8-15-11-13-10-14(19)7-9-16(13)20-15/h6-11,20H,5H2,1-4H3. The predicted molar refractivity (Wildman–Crippen MR) is 97.5 cm³/mol. The Hall–Kier alpha value is -2.28. The highest BCUT2D eigenvalue weighted by molar-refractivity contribution is 6.31. The number of halogens is 1. The van der Waals surface area contributed by atoms with Crippen LogP contribution in [0.1, 0.15) is 19.0 Å². The lowest BCUT2D eigenvalue weighted by Gasteiger charge is -2.18. The molecule has 0 atom stereocenters. The first-order chi connectivity index (χ1) is 12.0. The zero-order valence-electron chi connectivity index (χ0n) is 14.6. The van der Waals surface area contributed by atoms with Crippen LogP contribution >= 0.6 is 11.6 Å². The average Bonchev–Trinajstić information content (AvgIpc) is 3.01. The lowest BCUT2D eigenvalue weighted by Crippen LogP contribution is -2.31. The summed E-state index contributed by atoms with van der Waals surface area (Å²) in [6, 6.07) is 7.62. The van der Waals surface area contributed by atoms with Crippen LogP contribution in [0.2, 0.25) is 5.02 Å². The second kappa shape index (κ2) is 8.71. The third-order valence-corrected chi connectivity index (χ3v) is 3.87. The van der Waals surface area contributed by atoms with E-state index in [2.05, 4.69) is 4.98 Å². The summed E-state index contributed by atoms with van der Waals surface area (Å²) >= 11 is 6.01. The second-order valence-corrected chi connectivity index (χ2v) is 5.57. The van der Waals surface area contributed by atoms with E-state index in [1.165, 1.54) is 21.3 Å². The number of hydrogen-bond acceptors (Lipinski definition) is 4. The molecule has 0 bridgehead atoms. The van der Waals surface area contributed by atoms with Crippen LogP contribution in [-0.4, -0.2) is 37.4 Å². The topological polar surface area (TPSA) is 63.8 Å². The van der Waals surface area contributed by atoms with Crippen molar-refractivity contribution in [2.45, 2.75) is 13.3 Å². The van der Waals surface area contributed by atoms with Crippen molar-refractivity contribution in [2.24, 2.45) is 0 Å². The van der Waals surface area contributed by atoms with Gasteiger partial charge in [0.25, 0.3) is 0 Å². The molecule has 0 aliphatic carbocycles. The molecule has 0 radical (unpaired) electrons. The van der Waals surface area contributed by atoms with Gasteiger partial charge in [-0.1, -0.05) is 29.8 Å². The number of carbonyl (C=O) groups is 1. The van der Waals surface area contributed by atoms with Crippen molar-refractivity contribution in [3.8, 4) is 0 Å². The van der Waals surface area contributed by atoms with Gasteiger partial charge in [0.1, 0.15) is 0 Å². The Kier molecular flexibility index (Phi) is 6.64. The number of benzene rings is 1. The van der Waals surface area contributed by atoms with E-state index in [4.69, 9.17) is 26.0 Å². The van der Waals surface area contributed by atoms with Crippen molar-refractivity contribution in [3.05, 3.63) is 52.4 Å². The summed E-state index contributed by atoms with van der Waals surface area (Å²) < 4.78 is 5.26. The number of amides is 1. The number of hydroxylamine groups is 2. The third kappa shape index (κ3) is 4.42. The largest absolute Gasteiger partial charge is 0.491 e. The summed E-state index contributed by atoms with van der Waals surface area (Å²) in [6.07, 6.45) is 4.30. The summed E-state index contributed by atoms with van der Waals surface area (Å²) in [6.45, 7) is 1.93. The molecule has 0 saturated heterocycles. The quantitative estimate of drug-likeness (QED) is 0.348. The summed E-state index contributed by atoms with van der Waals surface area (Å²) in [5.74, 6) is -0.362. The first kappa shape index (κ1) is 19.1. The van der Waals surface area contributed by atoms with Crippen molar-refractivity contribution in [1.29, 1.82) is 0 Å². The molecular formula is C18H21ClN2O4. The Labute approximate surface area is 151 Å². The highest BCUT2D eigenvalue weighted by atomic mass is 35.5. The molecule has 1 N–H and O–H groups in total. The Balaban J connectivity index is 2.34. The average molecular weight is 365 g/mol. The number of aromatic amines is 1. The highest BCUT2D eigenvalue weighted by Crippen LogP contribution is 2.22. The van der Waals surface area contributed by atoms with Gasteiger partial charge >= 0.3 is 5.91 Å². The van der Waals surface area contributed by atoms with E-state index in [1.807, 2.05) is 43.3 Å². The van der Waals surface area contributed by atoms with Crippen LogP contribution in [0.3, 0.4) is 0 Å². The maximum atomic E-state index is 12.4. The number of nitrogens with zero attached hydrogens (tertiary/aromatic N) is 1. The van der Waals surface area contributed by atoms with E-state index < -0.39 is 5.91 Å². The van der Waals surface area contributed by atoms with E-state index in [-0.39, 0.29) is 5.76 Å². The molecule has 134 valence electrons. The van der Waals surface area contributed by atoms with Crippen LogP contribution in [0, 0.1) is 0 Å². The molecule has 1 aromatic carbocycles. The number of methoxy groups -OCH3 is 1. The van der Waals surface area contributed by atoms with Gasteiger partial charge in [-0.05, 0) is 42.3 Å². The molecule has 0 fully saturated rings. The van der Waals surface area contributed by atoms with Gasteiger partial charge in [-0.2, -0.15) is 0 Å². The van der Waals surface area contributed by atoms with Gasteiger partial charge in [-0.25, -0.2) is 9.68 Å². The van der Waals surface area contributed by atoms with E-state index in [0.29, 0.717) is 17.0 Å². The minimum Gasteiger partial charge on any atom is -0.491 e. The fraction of sp³-hybridized carbons (Fsp3) is 0.278. The van der Waals surface area contributed by atoms with Gasteiger partial charge in [0.05, 0.1) is 21.3 Å². The zero-order chi connectivity index (χ0) is 18.4. The number of rotatable bonds is 7. The van der Waals surface area contributed by atoms with Crippen LogP contribution in [0.15, 0.2) is 41.7 Å². The molecular weight excluding hydrogens is 344 g/mol. The van der Waals surface area contributed by atoms with Gasteiger partial charge in [-0.3, -0.25) is 4.79 Å². The normalized spacial score (nSPS) is 12.5. The van der Waals surface area contributed by atoms with Gasteiger partial charge in [0.2, 0.25) is 0 Å². The molecule has 7 heteroatoms. The van der Waals surface area contributed by atoms with Gasteiger partial charge < -0.3 is 9.72 Å². The Bertz CT molecular complexity index is 807. The molecule has 0 unspecified atom stereocenters. The maximum absolute atomic E-state index is 12.4.